The number of aromatic nitrogens is 2. The summed E-state index contributed by atoms with van der Waals surface area (Å²) in [6.07, 6.45) is 5.86. The van der Waals surface area contributed by atoms with Crippen LogP contribution in [-0.2, 0) is 17.8 Å². The van der Waals surface area contributed by atoms with E-state index in [-0.39, 0.29) is 24.3 Å². The predicted octanol–water partition coefficient (Wildman–Crippen LogP) is 2.16. The van der Waals surface area contributed by atoms with Gasteiger partial charge < -0.3 is 19.7 Å². The number of nitrogens with zero attached hydrogens (tertiary/aromatic N) is 4. The van der Waals surface area contributed by atoms with Crippen LogP contribution in [0.4, 0.5) is 5.00 Å². The van der Waals surface area contributed by atoms with Gasteiger partial charge in [-0.2, -0.15) is 0 Å². The zero-order valence-electron chi connectivity index (χ0n) is 16.3. The number of carbonyl (C=O) groups excluding carboxylic acids is 3. The first kappa shape index (κ1) is 18.6. The molecule has 2 aliphatic heterocycles. The highest BCUT2D eigenvalue weighted by atomic mass is 32.1. The second kappa shape index (κ2) is 7.10. The molecule has 0 unspecified atom stereocenters. The van der Waals surface area contributed by atoms with Gasteiger partial charge in [-0.15, -0.1) is 11.3 Å². The highest BCUT2D eigenvalue weighted by Crippen LogP contribution is 2.39. The molecule has 5 rings (SSSR count). The summed E-state index contributed by atoms with van der Waals surface area (Å²) < 4.78 is 1.88. The number of imidazole rings is 1. The standard InChI is InChI=1S/C21H19N5O3S/c1-24-11-17(27)23-19-18(21(24)29)15-6-8-25(10-16(15)30-19)20(28)13-2-4-14(5-3-13)26-9-7-22-12-26/h2-5,7,9,12H,6,8,10-11H2,1H3,(H,23,27). The Kier molecular flexibility index (Phi) is 4.39. The number of hydrogen-bond acceptors (Lipinski definition) is 5. The van der Waals surface area contributed by atoms with Gasteiger partial charge >= 0.3 is 0 Å². The summed E-state index contributed by atoms with van der Waals surface area (Å²) >= 11 is 1.39. The zero-order chi connectivity index (χ0) is 20.8. The van der Waals surface area contributed by atoms with Crippen molar-refractivity contribution in [3.63, 3.8) is 0 Å². The van der Waals surface area contributed by atoms with Gasteiger partial charge in [0.15, 0.2) is 0 Å². The fourth-order valence-corrected chi connectivity index (χ4v) is 5.18. The summed E-state index contributed by atoms with van der Waals surface area (Å²) in [7, 11) is 1.63. The minimum Gasteiger partial charge on any atom is -0.333 e. The highest BCUT2D eigenvalue weighted by Gasteiger charge is 2.34. The van der Waals surface area contributed by atoms with Crippen LogP contribution in [0, 0.1) is 0 Å². The average Bonchev–Trinajstić information content (AvgIpc) is 3.38. The van der Waals surface area contributed by atoms with Crippen molar-refractivity contribution in [3.05, 3.63) is 64.6 Å². The molecule has 0 atom stereocenters. The smallest absolute Gasteiger partial charge is 0.257 e. The topological polar surface area (TPSA) is 87.5 Å². The molecule has 0 spiro atoms. The van der Waals surface area contributed by atoms with Crippen molar-refractivity contribution in [3.8, 4) is 5.69 Å². The minimum atomic E-state index is -0.200. The van der Waals surface area contributed by atoms with Crippen LogP contribution in [0.3, 0.4) is 0 Å². The number of carbonyl (C=O) groups is 3. The highest BCUT2D eigenvalue weighted by molar-refractivity contribution is 7.17. The summed E-state index contributed by atoms with van der Waals surface area (Å²) in [6, 6.07) is 7.41. The van der Waals surface area contributed by atoms with Crippen LogP contribution in [0.2, 0.25) is 0 Å². The molecule has 0 radical (unpaired) electrons. The first-order chi connectivity index (χ1) is 14.5. The minimum absolute atomic E-state index is 0.0473. The Bertz CT molecular complexity index is 1150. The van der Waals surface area contributed by atoms with Crippen LogP contribution in [0.25, 0.3) is 5.69 Å². The van der Waals surface area contributed by atoms with Crippen molar-refractivity contribution in [2.24, 2.45) is 0 Å². The van der Waals surface area contributed by atoms with E-state index in [4.69, 9.17) is 0 Å². The molecule has 3 aromatic rings. The van der Waals surface area contributed by atoms with Crippen LogP contribution in [0.15, 0.2) is 43.0 Å². The van der Waals surface area contributed by atoms with Crippen molar-refractivity contribution in [2.75, 3.05) is 25.5 Å². The molecule has 30 heavy (non-hydrogen) atoms. The zero-order valence-corrected chi connectivity index (χ0v) is 17.1. The molecular weight excluding hydrogens is 402 g/mol. The van der Waals surface area contributed by atoms with Crippen LogP contribution in [0.1, 0.15) is 31.2 Å². The number of fused-ring (bicyclic) bond motifs is 3. The average molecular weight is 421 g/mol. The number of thiophene rings is 1. The Hall–Kier alpha value is -3.46. The second-order valence-electron chi connectivity index (χ2n) is 7.41. The normalized spacial score (nSPS) is 16.0. The van der Waals surface area contributed by atoms with Gasteiger partial charge in [0.05, 0.1) is 25.0 Å². The number of amides is 3. The first-order valence-corrected chi connectivity index (χ1v) is 10.4. The van der Waals surface area contributed by atoms with E-state index in [1.54, 1.807) is 24.5 Å². The van der Waals surface area contributed by atoms with Crippen molar-refractivity contribution >= 4 is 34.1 Å². The second-order valence-corrected chi connectivity index (χ2v) is 8.52. The van der Waals surface area contributed by atoms with Gasteiger partial charge in [0.2, 0.25) is 5.91 Å². The van der Waals surface area contributed by atoms with Crippen molar-refractivity contribution in [1.82, 2.24) is 19.4 Å². The summed E-state index contributed by atoms with van der Waals surface area (Å²) in [5, 5.41) is 3.44. The molecule has 152 valence electrons. The SMILES string of the molecule is CN1CC(=O)Nc2sc3c(c2C1=O)CCN(C(=O)c1ccc(-n2ccnc2)cc1)C3. The van der Waals surface area contributed by atoms with Crippen LogP contribution < -0.4 is 5.32 Å². The molecule has 0 bridgehead atoms. The number of rotatable bonds is 2. The third-order valence-electron chi connectivity index (χ3n) is 5.46. The maximum atomic E-state index is 13.0. The summed E-state index contributed by atoms with van der Waals surface area (Å²) in [6.45, 7) is 1.01. The summed E-state index contributed by atoms with van der Waals surface area (Å²) in [5.41, 5.74) is 3.09. The molecular formula is C21H19N5O3S. The Morgan fingerprint density at radius 1 is 1.17 bits per heavy atom. The van der Waals surface area contributed by atoms with Gasteiger partial charge in [-0.25, -0.2) is 4.98 Å². The van der Waals surface area contributed by atoms with Crippen LogP contribution in [0.5, 0.6) is 0 Å². The molecule has 0 saturated heterocycles. The molecule has 4 heterocycles. The summed E-state index contributed by atoms with van der Waals surface area (Å²) in [4.78, 5) is 46.0. The van der Waals surface area contributed by atoms with Gasteiger partial charge in [-0.05, 0) is 36.2 Å². The predicted molar refractivity (Wildman–Crippen MR) is 112 cm³/mol. The monoisotopic (exact) mass is 421 g/mol. The maximum Gasteiger partial charge on any atom is 0.257 e. The van der Waals surface area contributed by atoms with E-state index in [2.05, 4.69) is 10.3 Å². The molecule has 3 amide bonds. The van der Waals surface area contributed by atoms with E-state index in [1.165, 1.54) is 16.2 Å². The molecule has 0 fully saturated rings. The lowest BCUT2D eigenvalue weighted by atomic mass is 10.0. The van der Waals surface area contributed by atoms with Crippen LogP contribution >= 0.6 is 11.3 Å². The number of nitrogens with one attached hydrogen (secondary N) is 1. The van der Waals surface area contributed by atoms with Gasteiger partial charge in [-0.3, -0.25) is 14.4 Å². The van der Waals surface area contributed by atoms with E-state index >= 15 is 0 Å². The lowest BCUT2D eigenvalue weighted by molar-refractivity contribution is -0.116. The fourth-order valence-electron chi connectivity index (χ4n) is 3.91. The Morgan fingerprint density at radius 2 is 1.97 bits per heavy atom. The molecule has 2 aromatic heterocycles. The van der Waals surface area contributed by atoms with Gasteiger partial charge in [0.25, 0.3) is 11.8 Å². The lowest BCUT2D eigenvalue weighted by Crippen LogP contribution is -2.36. The van der Waals surface area contributed by atoms with Gasteiger partial charge in [0, 0.05) is 42.1 Å². The third-order valence-corrected chi connectivity index (χ3v) is 6.59. The lowest BCUT2D eigenvalue weighted by Gasteiger charge is -2.27. The van der Waals surface area contributed by atoms with E-state index < -0.39 is 0 Å². The molecule has 9 heteroatoms. The quantitative estimate of drug-likeness (QED) is 0.687. The maximum absolute atomic E-state index is 13.0. The van der Waals surface area contributed by atoms with Gasteiger partial charge in [0.1, 0.15) is 5.00 Å². The first-order valence-electron chi connectivity index (χ1n) is 9.59. The van der Waals surface area contributed by atoms with E-state index in [0.717, 1.165) is 16.1 Å². The molecule has 2 aliphatic rings. The Labute approximate surface area is 176 Å². The molecule has 0 saturated carbocycles. The molecule has 1 aromatic carbocycles. The molecule has 0 aliphatic carbocycles. The summed E-state index contributed by atoms with van der Waals surface area (Å²) in [5.74, 6) is -0.390. The number of likely N-dealkylation sites (N-methyl/N-ethyl adjacent to an activating group) is 1. The van der Waals surface area contributed by atoms with Gasteiger partial charge in [-0.1, -0.05) is 0 Å². The Morgan fingerprint density at radius 3 is 2.70 bits per heavy atom. The fraction of sp³-hybridized carbons (Fsp3) is 0.238. The largest absolute Gasteiger partial charge is 0.333 e. The number of hydrogen-bond donors (Lipinski definition) is 1. The number of benzene rings is 1. The van der Waals surface area contributed by atoms with E-state index in [9.17, 15) is 14.4 Å². The molecule has 1 N–H and O–H groups in total. The number of anilines is 1. The van der Waals surface area contributed by atoms with Crippen molar-refractivity contribution in [2.45, 2.75) is 13.0 Å². The molecule has 8 nitrogen and oxygen atoms in total. The third kappa shape index (κ3) is 3.07. The Balaban J connectivity index is 1.38. The van der Waals surface area contributed by atoms with Crippen LogP contribution in [-0.4, -0.2) is 57.2 Å². The van der Waals surface area contributed by atoms with E-state index in [1.807, 2.05) is 35.0 Å². The van der Waals surface area contributed by atoms with E-state index in [0.29, 0.717) is 35.6 Å². The van der Waals surface area contributed by atoms with Crippen molar-refractivity contribution in [1.29, 1.82) is 0 Å². The van der Waals surface area contributed by atoms with Crippen molar-refractivity contribution < 1.29 is 14.4 Å².